The zero-order valence-corrected chi connectivity index (χ0v) is 15.2. The summed E-state index contributed by atoms with van der Waals surface area (Å²) in [6.45, 7) is 1.06. The van der Waals surface area contributed by atoms with E-state index in [-0.39, 0.29) is 11.5 Å². The second-order valence-corrected chi connectivity index (χ2v) is 5.84. The maximum atomic E-state index is 12.0. The first-order valence-electron chi connectivity index (χ1n) is 8.64. The Morgan fingerprint density at radius 2 is 1.48 bits per heavy atom. The fourth-order valence-corrected chi connectivity index (χ4v) is 2.43. The van der Waals surface area contributed by atoms with Gasteiger partial charge in [-0.05, 0) is 25.6 Å². The van der Waals surface area contributed by atoms with E-state index in [2.05, 4.69) is 29.6 Å². The highest BCUT2D eigenvalue weighted by Crippen LogP contribution is 2.16. The fraction of sp³-hybridized carbons (Fsp3) is 0.136. The fourth-order valence-electron chi connectivity index (χ4n) is 2.43. The Balaban J connectivity index is 0.000000223. The van der Waals surface area contributed by atoms with Crippen LogP contribution in [0, 0.1) is 10.1 Å². The molecule has 0 fully saturated rings. The van der Waals surface area contributed by atoms with Crippen LogP contribution in [0.25, 0.3) is 0 Å². The SMILES string of the molecule is CNCCc1ccccc1.O=C(c1ccccc1)c1cccc([N+](=O)[O-])c1. The number of rotatable bonds is 6. The number of hydrogen-bond acceptors (Lipinski definition) is 4. The van der Waals surface area contributed by atoms with Gasteiger partial charge in [0.2, 0.25) is 0 Å². The minimum Gasteiger partial charge on any atom is -0.319 e. The molecule has 0 aromatic heterocycles. The van der Waals surface area contributed by atoms with E-state index in [1.165, 1.54) is 23.8 Å². The largest absolute Gasteiger partial charge is 0.319 e. The molecule has 0 spiro atoms. The van der Waals surface area contributed by atoms with E-state index < -0.39 is 4.92 Å². The van der Waals surface area contributed by atoms with Crippen molar-refractivity contribution in [1.82, 2.24) is 5.32 Å². The first-order chi connectivity index (χ1) is 13.1. The Morgan fingerprint density at radius 3 is 2.07 bits per heavy atom. The predicted octanol–water partition coefficient (Wildman–Crippen LogP) is 4.27. The molecule has 0 radical (unpaired) electrons. The standard InChI is InChI=1S/C13H9NO3.C9H13N/c15-13(10-5-2-1-3-6-10)11-7-4-8-12(9-11)14(16)17;1-10-8-7-9-5-3-2-4-6-9/h1-9H;2-6,10H,7-8H2,1H3. The van der Waals surface area contributed by atoms with E-state index in [1.54, 1.807) is 30.3 Å². The van der Waals surface area contributed by atoms with Crippen molar-refractivity contribution >= 4 is 11.5 Å². The van der Waals surface area contributed by atoms with Gasteiger partial charge < -0.3 is 5.32 Å². The second-order valence-electron chi connectivity index (χ2n) is 5.84. The highest BCUT2D eigenvalue weighted by molar-refractivity contribution is 6.09. The predicted molar refractivity (Wildman–Crippen MR) is 107 cm³/mol. The topological polar surface area (TPSA) is 72.2 Å². The Bertz CT molecular complexity index is 865. The normalized spacial score (nSPS) is 9.81. The summed E-state index contributed by atoms with van der Waals surface area (Å²) in [4.78, 5) is 22.1. The van der Waals surface area contributed by atoms with E-state index in [0.29, 0.717) is 11.1 Å². The van der Waals surface area contributed by atoms with Crippen LogP contribution in [0.3, 0.4) is 0 Å². The third kappa shape index (κ3) is 6.49. The van der Waals surface area contributed by atoms with Crippen LogP contribution in [0.1, 0.15) is 21.5 Å². The van der Waals surface area contributed by atoms with Gasteiger partial charge in [0.1, 0.15) is 0 Å². The Labute approximate surface area is 158 Å². The lowest BCUT2D eigenvalue weighted by Gasteiger charge is -2.00. The smallest absolute Gasteiger partial charge is 0.270 e. The number of nitrogens with one attached hydrogen (secondary N) is 1. The van der Waals surface area contributed by atoms with E-state index in [0.717, 1.165) is 13.0 Å². The molecule has 0 aliphatic rings. The summed E-state index contributed by atoms with van der Waals surface area (Å²) in [5.74, 6) is -0.214. The van der Waals surface area contributed by atoms with Crippen molar-refractivity contribution in [3.63, 3.8) is 0 Å². The monoisotopic (exact) mass is 362 g/mol. The number of nitro groups is 1. The number of non-ortho nitro benzene ring substituents is 1. The Kier molecular flexibility index (Phi) is 7.88. The van der Waals surface area contributed by atoms with Gasteiger partial charge in [0.05, 0.1) is 4.92 Å². The van der Waals surface area contributed by atoms with Gasteiger partial charge in [0.25, 0.3) is 5.69 Å². The summed E-state index contributed by atoms with van der Waals surface area (Å²) in [5.41, 5.74) is 2.17. The van der Waals surface area contributed by atoms with Crippen molar-refractivity contribution < 1.29 is 9.72 Å². The van der Waals surface area contributed by atoms with E-state index in [4.69, 9.17) is 0 Å². The van der Waals surface area contributed by atoms with Crippen LogP contribution >= 0.6 is 0 Å². The molecule has 3 rings (SSSR count). The van der Waals surface area contributed by atoms with Gasteiger partial charge in [0, 0.05) is 23.3 Å². The number of likely N-dealkylation sites (N-methyl/N-ethyl adjacent to an activating group) is 1. The van der Waals surface area contributed by atoms with Gasteiger partial charge in [-0.25, -0.2) is 0 Å². The number of carbonyl (C=O) groups is 1. The van der Waals surface area contributed by atoms with Crippen LogP contribution in [0.2, 0.25) is 0 Å². The molecule has 0 bridgehead atoms. The molecule has 0 aliphatic heterocycles. The van der Waals surface area contributed by atoms with Crippen molar-refractivity contribution in [1.29, 1.82) is 0 Å². The molecule has 3 aromatic carbocycles. The van der Waals surface area contributed by atoms with Crippen LogP contribution in [0.5, 0.6) is 0 Å². The molecule has 0 unspecified atom stereocenters. The van der Waals surface area contributed by atoms with Gasteiger partial charge in [-0.15, -0.1) is 0 Å². The number of nitro benzene ring substituents is 1. The minimum absolute atomic E-state index is 0.0771. The highest BCUT2D eigenvalue weighted by Gasteiger charge is 2.12. The third-order valence-corrected chi connectivity index (χ3v) is 3.86. The molecular weight excluding hydrogens is 340 g/mol. The number of hydrogen-bond donors (Lipinski definition) is 1. The molecule has 0 amide bonds. The van der Waals surface area contributed by atoms with Gasteiger partial charge >= 0.3 is 0 Å². The quantitative estimate of drug-likeness (QED) is 0.404. The maximum absolute atomic E-state index is 12.0. The summed E-state index contributed by atoms with van der Waals surface area (Å²) >= 11 is 0. The third-order valence-electron chi connectivity index (χ3n) is 3.86. The summed E-state index contributed by atoms with van der Waals surface area (Å²) in [7, 11) is 1.98. The molecule has 5 nitrogen and oxygen atoms in total. The molecule has 138 valence electrons. The van der Waals surface area contributed by atoms with Crippen LogP contribution in [-0.2, 0) is 6.42 Å². The van der Waals surface area contributed by atoms with Gasteiger partial charge in [-0.3, -0.25) is 14.9 Å². The van der Waals surface area contributed by atoms with E-state index >= 15 is 0 Å². The molecule has 0 atom stereocenters. The van der Waals surface area contributed by atoms with Crippen LogP contribution in [0.4, 0.5) is 5.69 Å². The van der Waals surface area contributed by atoms with Crippen LogP contribution in [0.15, 0.2) is 84.9 Å². The van der Waals surface area contributed by atoms with Gasteiger partial charge in [-0.1, -0.05) is 72.8 Å². The average molecular weight is 362 g/mol. The lowest BCUT2D eigenvalue weighted by Crippen LogP contribution is -2.09. The summed E-state index contributed by atoms with van der Waals surface area (Å²) in [6.07, 6.45) is 1.12. The average Bonchev–Trinajstić information content (AvgIpc) is 2.73. The molecule has 0 saturated heterocycles. The zero-order chi connectivity index (χ0) is 19.5. The molecule has 0 aliphatic carbocycles. The lowest BCUT2D eigenvalue weighted by molar-refractivity contribution is -0.384. The highest BCUT2D eigenvalue weighted by atomic mass is 16.6. The van der Waals surface area contributed by atoms with Gasteiger partial charge in [0.15, 0.2) is 5.78 Å². The Morgan fingerprint density at radius 1 is 0.889 bits per heavy atom. The molecule has 1 N–H and O–H groups in total. The number of nitrogens with zero attached hydrogens (tertiary/aromatic N) is 1. The summed E-state index contributed by atoms with van der Waals surface area (Å²) in [6, 6.07) is 24.9. The first-order valence-corrected chi connectivity index (χ1v) is 8.64. The number of benzene rings is 3. The lowest BCUT2D eigenvalue weighted by atomic mass is 10.0. The maximum Gasteiger partial charge on any atom is 0.270 e. The molecule has 0 heterocycles. The number of ketones is 1. The Hall–Kier alpha value is -3.31. The van der Waals surface area contributed by atoms with Crippen LogP contribution < -0.4 is 5.32 Å². The van der Waals surface area contributed by atoms with Crippen molar-refractivity contribution in [2.75, 3.05) is 13.6 Å². The first kappa shape index (κ1) is 20.0. The van der Waals surface area contributed by atoms with E-state index in [1.807, 2.05) is 19.2 Å². The second kappa shape index (κ2) is 10.6. The summed E-state index contributed by atoms with van der Waals surface area (Å²) in [5, 5.41) is 13.7. The molecule has 3 aromatic rings. The van der Waals surface area contributed by atoms with Crippen molar-refractivity contribution in [3.05, 3.63) is 112 Å². The van der Waals surface area contributed by atoms with E-state index in [9.17, 15) is 14.9 Å². The summed E-state index contributed by atoms with van der Waals surface area (Å²) < 4.78 is 0. The van der Waals surface area contributed by atoms with Crippen molar-refractivity contribution in [2.24, 2.45) is 0 Å². The minimum atomic E-state index is -0.512. The zero-order valence-electron chi connectivity index (χ0n) is 15.2. The van der Waals surface area contributed by atoms with Crippen molar-refractivity contribution in [2.45, 2.75) is 6.42 Å². The van der Waals surface area contributed by atoms with Crippen molar-refractivity contribution in [3.8, 4) is 0 Å². The molecule has 27 heavy (non-hydrogen) atoms. The molecule has 0 saturated carbocycles. The molecular formula is C22H22N2O3. The number of carbonyl (C=O) groups excluding carboxylic acids is 1. The van der Waals surface area contributed by atoms with Gasteiger partial charge in [-0.2, -0.15) is 0 Å². The molecule has 5 heteroatoms. The van der Waals surface area contributed by atoms with Crippen LogP contribution in [-0.4, -0.2) is 24.3 Å².